The van der Waals surface area contributed by atoms with Crippen LogP contribution in [0.25, 0.3) is 11.5 Å². The molecule has 0 aliphatic heterocycles. The number of aromatic amines is 1. The summed E-state index contributed by atoms with van der Waals surface area (Å²) in [6.07, 6.45) is 0.370. The Kier molecular flexibility index (Phi) is 8.06. The number of amides is 1. The number of ether oxygens (including phenoxy) is 1. The third-order valence-corrected chi connectivity index (χ3v) is 5.30. The first-order valence-electron chi connectivity index (χ1n) is 11.2. The number of benzene rings is 1. The van der Waals surface area contributed by atoms with Gasteiger partial charge in [-0.15, -0.1) is 0 Å². The molecule has 3 rings (SSSR count). The van der Waals surface area contributed by atoms with Crippen molar-refractivity contribution >= 4 is 17.4 Å². The van der Waals surface area contributed by atoms with Crippen LogP contribution >= 0.6 is 0 Å². The Bertz CT molecular complexity index is 1240. The number of carbonyl (C=O) groups excluding carboxylic acids is 1. The van der Waals surface area contributed by atoms with E-state index in [0.717, 1.165) is 5.56 Å². The van der Waals surface area contributed by atoms with Gasteiger partial charge < -0.3 is 19.8 Å². The molecule has 0 bridgehead atoms. The molecule has 0 saturated heterocycles. The standard InChI is InChI=1S/C24H31N5O5/c1-15(2)14-29-21(25)20(22(31)27-24(29)32)28(11-8-12-33-4)19(30)13-18-16(3)34-23(26-18)17-9-6-5-7-10-17/h5-7,9-10,15H,8,11-14,25H2,1-4H3,(H,27,31,32). The third-order valence-electron chi connectivity index (χ3n) is 5.30. The van der Waals surface area contributed by atoms with Gasteiger partial charge in [-0.3, -0.25) is 19.1 Å². The van der Waals surface area contributed by atoms with Gasteiger partial charge in [0.15, 0.2) is 5.69 Å². The maximum atomic E-state index is 13.4. The Labute approximate surface area is 197 Å². The van der Waals surface area contributed by atoms with Crippen LogP contribution in [0, 0.1) is 12.8 Å². The predicted octanol–water partition coefficient (Wildman–Crippen LogP) is 2.35. The van der Waals surface area contributed by atoms with E-state index in [1.807, 2.05) is 44.2 Å². The van der Waals surface area contributed by atoms with Crippen molar-refractivity contribution in [1.82, 2.24) is 14.5 Å². The van der Waals surface area contributed by atoms with E-state index in [4.69, 9.17) is 14.9 Å². The summed E-state index contributed by atoms with van der Waals surface area (Å²) in [4.78, 5) is 46.7. The average Bonchev–Trinajstić information content (AvgIpc) is 3.16. The molecule has 0 fully saturated rings. The van der Waals surface area contributed by atoms with Crippen LogP contribution in [0.1, 0.15) is 31.7 Å². The van der Waals surface area contributed by atoms with Crippen molar-refractivity contribution in [3.05, 3.63) is 62.6 Å². The second-order valence-electron chi connectivity index (χ2n) is 8.45. The minimum Gasteiger partial charge on any atom is -0.441 e. The van der Waals surface area contributed by atoms with E-state index in [-0.39, 0.29) is 36.3 Å². The Hall–Kier alpha value is -3.66. The smallest absolute Gasteiger partial charge is 0.330 e. The van der Waals surface area contributed by atoms with Gasteiger partial charge >= 0.3 is 5.69 Å². The van der Waals surface area contributed by atoms with Gasteiger partial charge in [0.25, 0.3) is 5.56 Å². The summed E-state index contributed by atoms with van der Waals surface area (Å²) in [7, 11) is 1.56. The van der Waals surface area contributed by atoms with Crippen molar-refractivity contribution in [2.24, 2.45) is 5.92 Å². The number of nitrogens with two attached hydrogens (primary N) is 1. The van der Waals surface area contributed by atoms with E-state index in [2.05, 4.69) is 9.97 Å². The van der Waals surface area contributed by atoms with Crippen LogP contribution in [-0.4, -0.2) is 40.7 Å². The molecule has 0 aliphatic rings. The van der Waals surface area contributed by atoms with Crippen molar-refractivity contribution in [2.75, 3.05) is 30.9 Å². The summed E-state index contributed by atoms with van der Waals surface area (Å²) in [6.45, 7) is 6.46. The van der Waals surface area contributed by atoms with Gasteiger partial charge in [0.2, 0.25) is 11.8 Å². The van der Waals surface area contributed by atoms with Gasteiger partial charge in [-0.25, -0.2) is 9.78 Å². The molecule has 34 heavy (non-hydrogen) atoms. The van der Waals surface area contributed by atoms with Crippen LogP contribution in [0.3, 0.4) is 0 Å². The first-order chi connectivity index (χ1) is 16.2. The summed E-state index contributed by atoms with van der Waals surface area (Å²) >= 11 is 0. The zero-order valence-electron chi connectivity index (χ0n) is 20.0. The van der Waals surface area contributed by atoms with Crippen LogP contribution < -0.4 is 21.9 Å². The largest absolute Gasteiger partial charge is 0.441 e. The van der Waals surface area contributed by atoms with Crippen LogP contribution in [0.4, 0.5) is 11.5 Å². The summed E-state index contributed by atoms with van der Waals surface area (Å²) in [5.74, 6) is 0.588. The molecule has 10 nitrogen and oxygen atoms in total. The second-order valence-corrected chi connectivity index (χ2v) is 8.45. The van der Waals surface area contributed by atoms with Crippen molar-refractivity contribution in [3.8, 4) is 11.5 Å². The predicted molar refractivity (Wildman–Crippen MR) is 130 cm³/mol. The van der Waals surface area contributed by atoms with Crippen LogP contribution in [-0.2, 0) is 22.5 Å². The number of nitrogens with zero attached hydrogens (tertiary/aromatic N) is 3. The lowest BCUT2D eigenvalue weighted by Gasteiger charge is -2.24. The van der Waals surface area contributed by atoms with Gasteiger partial charge in [0.05, 0.1) is 12.1 Å². The molecule has 0 radical (unpaired) electrons. The lowest BCUT2D eigenvalue weighted by atomic mass is 10.2. The SMILES string of the molecule is COCCCN(C(=O)Cc1nc(-c2ccccc2)oc1C)c1c(N)n(CC(C)C)c(=O)[nH]c1=O. The molecular weight excluding hydrogens is 438 g/mol. The summed E-state index contributed by atoms with van der Waals surface area (Å²) in [5.41, 5.74) is 6.15. The number of methoxy groups -OCH3 is 1. The Morgan fingerprint density at radius 1 is 1.26 bits per heavy atom. The average molecular weight is 470 g/mol. The molecule has 2 heterocycles. The molecule has 182 valence electrons. The third kappa shape index (κ3) is 5.63. The van der Waals surface area contributed by atoms with Gasteiger partial charge in [-0.05, 0) is 31.4 Å². The van der Waals surface area contributed by atoms with Gasteiger partial charge in [-0.2, -0.15) is 0 Å². The van der Waals surface area contributed by atoms with Gasteiger partial charge in [0.1, 0.15) is 11.6 Å². The van der Waals surface area contributed by atoms with Crippen LogP contribution in [0.5, 0.6) is 0 Å². The highest BCUT2D eigenvalue weighted by Gasteiger charge is 2.26. The number of aromatic nitrogens is 3. The number of oxazole rings is 1. The summed E-state index contributed by atoms with van der Waals surface area (Å²) in [5, 5.41) is 0. The van der Waals surface area contributed by atoms with E-state index in [1.54, 1.807) is 14.0 Å². The van der Waals surface area contributed by atoms with Gasteiger partial charge in [0, 0.05) is 32.4 Å². The normalized spacial score (nSPS) is 11.2. The van der Waals surface area contributed by atoms with E-state index in [9.17, 15) is 14.4 Å². The first kappa shape index (κ1) is 25.0. The monoisotopic (exact) mass is 469 g/mol. The van der Waals surface area contributed by atoms with Gasteiger partial charge in [-0.1, -0.05) is 32.0 Å². The number of H-pyrrole nitrogens is 1. The maximum absolute atomic E-state index is 13.4. The van der Waals surface area contributed by atoms with Crippen molar-refractivity contribution in [3.63, 3.8) is 0 Å². The minimum absolute atomic E-state index is 0.0462. The minimum atomic E-state index is -0.713. The molecule has 3 N–H and O–H groups in total. The van der Waals surface area contributed by atoms with Crippen molar-refractivity contribution in [2.45, 2.75) is 40.2 Å². The van der Waals surface area contributed by atoms with Crippen molar-refractivity contribution < 1.29 is 13.9 Å². The van der Waals surface area contributed by atoms with E-state index < -0.39 is 11.2 Å². The number of anilines is 2. The molecule has 0 atom stereocenters. The molecule has 0 saturated carbocycles. The lowest BCUT2D eigenvalue weighted by molar-refractivity contribution is -0.118. The Balaban J connectivity index is 1.98. The number of aryl methyl sites for hydroxylation is 1. The van der Waals surface area contributed by atoms with E-state index >= 15 is 0 Å². The zero-order valence-corrected chi connectivity index (χ0v) is 20.0. The number of nitrogens with one attached hydrogen (secondary N) is 1. The fraction of sp³-hybridized carbons (Fsp3) is 0.417. The topological polar surface area (TPSA) is 136 Å². The number of hydrogen-bond acceptors (Lipinski definition) is 7. The molecule has 2 aromatic heterocycles. The number of carbonyl (C=O) groups is 1. The first-order valence-corrected chi connectivity index (χ1v) is 11.2. The number of rotatable bonds is 10. The summed E-state index contributed by atoms with van der Waals surface area (Å²) in [6, 6.07) is 9.37. The highest BCUT2D eigenvalue weighted by molar-refractivity contribution is 5.96. The molecule has 0 spiro atoms. The molecule has 3 aromatic rings. The number of nitrogen functional groups attached to an aromatic ring is 1. The zero-order chi connectivity index (χ0) is 24.8. The highest BCUT2D eigenvalue weighted by Crippen LogP contribution is 2.24. The maximum Gasteiger partial charge on any atom is 0.330 e. The highest BCUT2D eigenvalue weighted by atomic mass is 16.5. The second kappa shape index (κ2) is 11.0. The van der Waals surface area contributed by atoms with Crippen LogP contribution in [0.15, 0.2) is 44.3 Å². The molecular formula is C24H31N5O5. The Morgan fingerprint density at radius 2 is 1.97 bits per heavy atom. The fourth-order valence-electron chi connectivity index (χ4n) is 3.65. The van der Waals surface area contributed by atoms with E-state index in [0.29, 0.717) is 36.9 Å². The summed E-state index contributed by atoms with van der Waals surface area (Å²) < 4.78 is 12.2. The number of hydrogen-bond donors (Lipinski definition) is 2. The van der Waals surface area contributed by atoms with Crippen molar-refractivity contribution in [1.29, 1.82) is 0 Å². The lowest BCUT2D eigenvalue weighted by Crippen LogP contribution is -2.42. The molecule has 1 amide bonds. The molecule has 1 aromatic carbocycles. The molecule has 0 unspecified atom stereocenters. The molecule has 0 aliphatic carbocycles. The fourth-order valence-corrected chi connectivity index (χ4v) is 3.65. The molecule has 10 heteroatoms. The quantitative estimate of drug-likeness (QED) is 0.435. The van der Waals surface area contributed by atoms with Crippen LogP contribution in [0.2, 0.25) is 0 Å². The van der Waals surface area contributed by atoms with E-state index in [1.165, 1.54) is 9.47 Å². The Morgan fingerprint density at radius 3 is 2.62 bits per heavy atom.